The normalized spacial score (nSPS) is 13.0. The second kappa shape index (κ2) is 7.68. The van der Waals surface area contributed by atoms with Crippen molar-refractivity contribution in [3.8, 4) is 0 Å². The minimum absolute atomic E-state index is 0.0612. The molecule has 1 atom stereocenters. The molecule has 1 aromatic rings. The average molecular weight is 374 g/mol. The number of carbonyl (C=O) groups excluding carboxylic acids is 1. The van der Waals surface area contributed by atoms with Gasteiger partial charge in [0.05, 0.1) is 27.1 Å². The number of hydrogen-bond donors (Lipinski definition) is 0. The summed E-state index contributed by atoms with van der Waals surface area (Å²) in [6.45, 7) is 4.20. The van der Waals surface area contributed by atoms with Gasteiger partial charge in [-0.15, -0.1) is 0 Å². The highest BCUT2D eigenvalue weighted by Gasteiger charge is 2.21. The number of rotatable bonds is 6. The minimum atomic E-state index is -4.02. The monoisotopic (exact) mass is 372 g/mol. The zero-order chi connectivity index (χ0) is 16.2. The Hall–Kier alpha value is -0.490. The molecule has 0 amide bonds. The van der Waals surface area contributed by atoms with Gasteiger partial charge in [-0.3, -0.25) is 0 Å². The summed E-state index contributed by atoms with van der Waals surface area (Å²) < 4.78 is 27.8. The Labute approximate surface area is 138 Å². The van der Waals surface area contributed by atoms with E-state index in [4.69, 9.17) is 38.6 Å². The van der Waals surface area contributed by atoms with E-state index >= 15 is 0 Å². The molecule has 0 saturated heterocycles. The smallest absolute Gasteiger partial charge is 0.339 e. The van der Waals surface area contributed by atoms with E-state index in [2.05, 4.69) is 0 Å². The summed E-state index contributed by atoms with van der Waals surface area (Å²) in [5, 5.41) is -0.138. The molecule has 0 aliphatic heterocycles. The van der Waals surface area contributed by atoms with Crippen LogP contribution in [-0.2, 0) is 13.8 Å². The van der Waals surface area contributed by atoms with Gasteiger partial charge in [0, 0.05) is 10.7 Å². The van der Waals surface area contributed by atoms with Crippen LogP contribution in [0, 0.1) is 5.92 Å². The Kier molecular flexibility index (Phi) is 6.78. The second-order valence-corrected chi connectivity index (χ2v) is 8.05. The zero-order valence-electron chi connectivity index (χ0n) is 11.5. The predicted molar refractivity (Wildman–Crippen MR) is 83.9 cm³/mol. The fraction of sp³-hybridized carbons (Fsp3) is 0.462. The largest absolute Gasteiger partial charge is 0.462 e. The lowest BCUT2D eigenvalue weighted by atomic mass is 10.1. The van der Waals surface area contributed by atoms with Crippen molar-refractivity contribution in [3.05, 3.63) is 27.7 Å². The Morgan fingerprint density at radius 3 is 2.48 bits per heavy atom. The van der Waals surface area contributed by atoms with Crippen LogP contribution < -0.4 is 0 Å². The molecule has 21 heavy (non-hydrogen) atoms. The molecule has 0 aliphatic rings. The molecule has 0 aliphatic carbocycles. The van der Waals surface area contributed by atoms with Crippen molar-refractivity contribution in [1.29, 1.82) is 0 Å². The van der Waals surface area contributed by atoms with E-state index in [0.29, 0.717) is 0 Å². The molecular formula is C13H15Cl3O4S. The Morgan fingerprint density at radius 2 is 1.95 bits per heavy atom. The Morgan fingerprint density at radius 1 is 1.33 bits per heavy atom. The van der Waals surface area contributed by atoms with Crippen LogP contribution in [0.15, 0.2) is 17.0 Å². The molecule has 1 rings (SSSR count). The first-order valence-electron chi connectivity index (χ1n) is 6.27. The number of hydrogen-bond acceptors (Lipinski definition) is 4. The number of ether oxygens (including phenoxy) is 1. The van der Waals surface area contributed by atoms with Crippen LogP contribution in [0.3, 0.4) is 0 Å². The maximum Gasteiger partial charge on any atom is 0.339 e. The van der Waals surface area contributed by atoms with E-state index in [1.165, 1.54) is 0 Å². The molecule has 0 heterocycles. The van der Waals surface area contributed by atoms with Gasteiger partial charge >= 0.3 is 5.97 Å². The quantitative estimate of drug-likeness (QED) is 0.543. The molecule has 0 saturated carbocycles. The van der Waals surface area contributed by atoms with Gasteiger partial charge in [0.25, 0.3) is 9.05 Å². The van der Waals surface area contributed by atoms with Crippen LogP contribution in [0.1, 0.15) is 37.0 Å². The summed E-state index contributed by atoms with van der Waals surface area (Å²) in [6, 6.07) is 2.14. The molecule has 0 bridgehead atoms. The molecule has 1 unspecified atom stereocenters. The summed E-state index contributed by atoms with van der Waals surface area (Å²) >= 11 is 11.7. The molecule has 0 N–H and O–H groups in total. The third-order valence-corrected chi connectivity index (χ3v) is 4.92. The standard InChI is InChI=1S/C13H15Cl3O4S/c1-3-4-8(2)7-20-13(17)10-5-9(21(16,18)19)6-11(14)12(10)15/h5-6,8H,3-4,7H2,1-2H3. The molecule has 1 aromatic carbocycles. The molecule has 0 fully saturated rings. The molecule has 0 spiro atoms. The number of carbonyl (C=O) groups is 1. The first kappa shape index (κ1) is 18.6. The van der Waals surface area contributed by atoms with Crippen LogP contribution >= 0.6 is 33.9 Å². The number of esters is 1. The number of halogens is 3. The molecule has 4 nitrogen and oxygen atoms in total. The zero-order valence-corrected chi connectivity index (χ0v) is 14.6. The van der Waals surface area contributed by atoms with E-state index < -0.39 is 15.0 Å². The van der Waals surface area contributed by atoms with Gasteiger partial charge in [0.2, 0.25) is 0 Å². The summed E-state index contributed by atoms with van der Waals surface area (Å²) in [4.78, 5) is 11.7. The van der Waals surface area contributed by atoms with E-state index in [9.17, 15) is 13.2 Å². The first-order chi connectivity index (χ1) is 9.66. The lowest BCUT2D eigenvalue weighted by Gasteiger charge is -2.12. The number of benzene rings is 1. The summed E-state index contributed by atoms with van der Waals surface area (Å²) in [5.74, 6) is -0.528. The van der Waals surface area contributed by atoms with Crippen LogP contribution in [0.4, 0.5) is 0 Å². The van der Waals surface area contributed by atoms with E-state index in [1.807, 2.05) is 13.8 Å². The molecule has 0 aromatic heterocycles. The molecular weight excluding hydrogens is 359 g/mol. The lowest BCUT2D eigenvalue weighted by molar-refractivity contribution is 0.0443. The maximum absolute atomic E-state index is 12.0. The molecule has 0 radical (unpaired) electrons. The third kappa shape index (κ3) is 5.33. The van der Waals surface area contributed by atoms with Gasteiger partial charge in [-0.2, -0.15) is 0 Å². The maximum atomic E-state index is 12.0. The summed E-state index contributed by atoms with van der Waals surface area (Å²) in [6.07, 6.45) is 1.89. The lowest BCUT2D eigenvalue weighted by Crippen LogP contribution is -2.13. The SMILES string of the molecule is CCCC(C)COC(=O)c1cc(S(=O)(=O)Cl)cc(Cl)c1Cl. The van der Waals surface area contributed by atoms with Gasteiger partial charge in [0.15, 0.2) is 0 Å². The van der Waals surface area contributed by atoms with Crippen molar-refractivity contribution < 1.29 is 17.9 Å². The third-order valence-electron chi connectivity index (χ3n) is 2.78. The van der Waals surface area contributed by atoms with Gasteiger partial charge in [-0.25, -0.2) is 13.2 Å². The van der Waals surface area contributed by atoms with Crippen LogP contribution in [-0.4, -0.2) is 21.0 Å². The van der Waals surface area contributed by atoms with Crippen LogP contribution in [0.5, 0.6) is 0 Å². The predicted octanol–water partition coefficient (Wildman–Crippen LogP) is 4.51. The average Bonchev–Trinajstić information content (AvgIpc) is 2.38. The summed E-state index contributed by atoms with van der Waals surface area (Å²) in [7, 11) is 1.23. The van der Waals surface area contributed by atoms with Crippen molar-refractivity contribution >= 4 is 48.9 Å². The Bertz CT molecular complexity index is 629. The van der Waals surface area contributed by atoms with Crippen molar-refractivity contribution in [2.75, 3.05) is 6.61 Å². The molecule has 8 heteroatoms. The fourth-order valence-electron chi connectivity index (χ4n) is 1.73. The fourth-order valence-corrected chi connectivity index (χ4v) is 2.98. The van der Waals surface area contributed by atoms with Crippen LogP contribution in [0.25, 0.3) is 0 Å². The second-order valence-electron chi connectivity index (χ2n) is 4.70. The van der Waals surface area contributed by atoms with E-state index in [-0.39, 0.29) is 33.0 Å². The Balaban J connectivity index is 3.01. The minimum Gasteiger partial charge on any atom is -0.462 e. The summed E-state index contributed by atoms with van der Waals surface area (Å²) in [5.41, 5.74) is -0.118. The van der Waals surface area contributed by atoms with Crippen molar-refractivity contribution in [1.82, 2.24) is 0 Å². The topological polar surface area (TPSA) is 60.4 Å². The first-order valence-corrected chi connectivity index (χ1v) is 9.34. The van der Waals surface area contributed by atoms with Gasteiger partial charge in [0.1, 0.15) is 0 Å². The van der Waals surface area contributed by atoms with Gasteiger partial charge in [-0.05, 0) is 24.5 Å². The highest BCUT2D eigenvalue weighted by atomic mass is 35.7. The van der Waals surface area contributed by atoms with Crippen molar-refractivity contribution in [2.24, 2.45) is 5.92 Å². The highest BCUT2D eigenvalue weighted by molar-refractivity contribution is 8.13. The van der Waals surface area contributed by atoms with Gasteiger partial charge < -0.3 is 4.74 Å². The van der Waals surface area contributed by atoms with Crippen molar-refractivity contribution in [2.45, 2.75) is 31.6 Å². The van der Waals surface area contributed by atoms with Crippen molar-refractivity contribution in [3.63, 3.8) is 0 Å². The van der Waals surface area contributed by atoms with Gasteiger partial charge in [-0.1, -0.05) is 43.5 Å². The van der Waals surface area contributed by atoms with Crippen LogP contribution in [0.2, 0.25) is 10.0 Å². The van der Waals surface area contributed by atoms with E-state index in [0.717, 1.165) is 25.0 Å². The highest BCUT2D eigenvalue weighted by Crippen LogP contribution is 2.31. The molecule has 118 valence electrons. The van der Waals surface area contributed by atoms with E-state index in [1.54, 1.807) is 0 Å².